The van der Waals surface area contributed by atoms with E-state index in [-0.39, 0.29) is 23.2 Å². The van der Waals surface area contributed by atoms with Crippen molar-refractivity contribution in [2.24, 2.45) is 0 Å². The SMILES string of the molecule is Cc1ccc(-n2nccn2)c(C(=O)N2CC[C@H]2c2noc(-c3ccccc3OC(F)(F)F)n2)c1. The van der Waals surface area contributed by atoms with Crippen LogP contribution in [0.4, 0.5) is 13.2 Å². The van der Waals surface area contributed by atoms with Gasteiger partial charge in [0, 0.05) is 6.54 Å². The second kappa shape index (κ2) is 8.28. The number of rotatable bonds is 5. The number of benzene rings is 2. The maximum absolute atomic E-state index is 13.4. The summed E-state index contributed by atoms with van der Waals surface area (Å²) < 4.78 is 47.6. The molecular formula is C22H17F3N6O3. The summed E-state index contributed by atoms with van der Waals surface area (Å²) in [4.78, 5) is 20.6. The number of para-hydroxylation sites is 1. The van der Waals surface area contributed by atoms with E-state index in [1.165, 1.54) is 35.4 Å². The van der Waals surface area contributed by atoms with E-state index in [4.69, 9.17) is 4.52 Å². The van der Waals surface area contributed by atoms with Crippen LogP contribution < -0.4 is 4.74 Å². The molecule has 5 rings (SSSR count). The molecule has 1 fully saturated rings. The zero-order valence-electron chi connectivity index (χ0n) is 17.7. The van der Waals surface area contributed by atoms with Gasteiger partial charge in [0.05, 0.1) is 35.2 Å². The van der Waals surface area contributed by atoms with Crippen LogP contribution in [-0.2, 0) is 0 Å². The van der Waals surface area contributed by atoms with Crippen LogP contribution >= 0.6 is 0 Å². The van der Waals surface area contributed by atoms with Crippen LogP contribution in [0, 0.1) is 6.92 Å². The molecule has 0 aliphatic carbocycles. The number of carbonyl (C=O) groups excluding carboxylic acids is 1. The van der Waals surface area contributed by atoms with Crippen molar-refractivity contribution in [2.75, 3.05) is 6.54 Å². The predicted molar refractivity (Wildman–Crippen MR) is 111 cm³/mol. The van der Waals surface area contributed by atoms with Gasteiger partial charge in [-0.25, -0.2) is 0 Å². The summed E-state index contributed by atoms with van der Waals surface area (Å²) in [6.45, 7) is 2.33. The van der Waals surface area contributed by atoms with E-state index in [0.29, 0.717) is 24.2 Å². The molecule has 0 unspecified atom stereocenters. The zero-order valence-corrected chi connectivity index (χ0v) is 17.7. The predicted octanol–water partition coefficient (Wildman–Crippen LogP) is 4.11. The first-order chi connectivity index (χ1) is 16.3. The van der Waals surface area contributed by atoms with Crippen molar-refractivity contribution in [2.45, 2.75) is 25.7 Å². The molecule has 0 spiro atoms. The fraction of sp³-hybridized carbons (Fsp3) is 0.227. The lowest BCUT2D eigenvalue weighted by Gasteiger charge is -2.39. The van der Waals surface area contributed by atoms with Gasteiger partial charge in [-0.05, 0) is 37.6 Å². The minimum atomic E-state index is -4.87. The minimum absolute atomic E-state index is 0.00139. The molecule has 0 saturated carbocycles. The van der Waals surface area contributed by atoms with Crippen molar-refractivity contribution in [3.05, 3.63) is 71.8 Å². The summed E-state index contributed by atoms with van der Waals surface area (Å²) in [5.41, 5.74) is 1.83. The molecule has 1 aliphatic heterocycles. The Balaban J connectivity index is 1.42. The molecule has 1 saturated heterocycles. The standard InChI is InChI=1S/C22H17F3N6O3/c1-13-6-7-16(31-26-9-10-27-31)15(12-13)21(32)30-11-8-17(30)19-28-20(34-29-19)14-4-2-3-5-18(14)33-22(23,24)25/h2-7,9-10,12,17H,8,11H2,1H3/t17-/m0/s1. The summed E-state index contributed by atoms with van der Waals surface area (Å²) in [6, 6.07) is 10.4. The first kappa shape index (κ1) is 21.6. The van der Waals surface area contributed by atoms with Crippen LogP contribution in [-0.4, -0.2) is 48.8 Å². The van der Waals surface area contributed by atoms with E-state index in [1.807, 2.05) is 13.0 Å². The highest BCUT2D eigenvalue weighted by Gasteiger charge is 2.39. The number of aryl methyl sites for hydroxylation is 1. The Bertz CT molecular complexity index is 1340. The first-order valence-electron chi connectivity index (χ1n) is 10.3. The third kappa shape index (κ3) is 4.09. The molecule has 34 heavy (non-hydrogen) atoms. The molecule has 0 N–H and O–H groups in total. The third-order valence-electron chi connectivity index (χ3n) is 5.38. The molecule has 0 bridgehead atoms. The largest absolute Gasteiger partial charge is 0.573 e. The van der Waals surface area contributed by atoms with Gasteiger partial charge in [0.25, 0.3) is 11.8 Å². The van der Waals surface area contributed by atoms with Crippen molar-refractivity contribution in [3.8, 4) is 22.9 Å². The van der Waals surface area contributed by atoms with E-state index < -0.39 is 18.2 Å². The molecule has 3 heterocycles. The Hall–Kier alpha value is -4.22. The monoisotopic (exact) mass is 470 g/mol. The van der Waals surface area contributed by atoms with E-state index in [2.05, 4.69) is 25.1 Å². The van der Waals surface area contributed by atoms with Gasteiger partial charge >= 0.3 is 6.36 Å². The van der Waals surface area contributed by atoms with Gasteiger partial charge in [-0.2, -0.15) is 20.0 Å². The minimum Gasteiger partial charge on any atom is -0.405 e. The van der Waals surface area contributed by atoms with Gasteiger partial charge in [-0.15, -0.1) is 13.2 Å². The fourth-order valence-corrected chi connectivity index (χ4v) is 3.73. The molecule has 2 aromatic carbocycles. The Morgan fingerprint density at radius 3 is 2.62 bits per heavy atom. The Kier molecular flexibility index (Phi) is 5.27. The normalized spacial score (nSPS) is 15.8. The number of amides is 1. The molecule has 0 radical (unpaired) electrons. The third-order valence-corrected chi connectivity index (χ3v) is 5.38. The molecule has 174 valence electrons. The second-order valence-electron chi connectivity index (χ2n) is 7.64. The van der Waals surface area contributed by atoms with Crippen molar-refractivity contribution in [1.82, 2.24) is 30.0 Å². The highest BCUT2D eigenvalue weighted by atomic mass is 19.4. The maximum atomic E-state index is 13.4. The molecule has 9 nitrogen and oxygen atoms in total. The Morgan fingerprint density at radius 1 is 1.15 bits per heavy atom. The number of nitrogens with zero attached hydrogens (tertiary/aromatic N) is 6. The molecule has 1 amide bonds. The summed E-state index contributed by atoms with van der Waals surface area (Å²) in [7, 11) is 0. The number of likely N-dealkylation sites (tertiary alicyclic amines) is 1. The number of aromatic nitrogens is 5. The van der Waals surface area contributed by atoms with Gasteiger partial charge in [0.1, 0.15) is 5.75 Å². The Morgan fingerprint density at radius 2 is 1.91 bits per heavy atom. The van der Waals surface area contributed by atoms with Gasteiger partial charge < -0.3 is 14.2 Å². The highest BCUT2D eigenvalue weighted by molar-refractivity contribution is 5.98. The summed E-state index contributed by atoms with van der Waals surface area (Å²) in [5, 5.41) is 12.1. The average molecular weight is 470 g/mol. The smallest absolute Gasteiger partial charge is 0.405 e. The Labute approximate surface area is 190 Å². The lowest BCUT2D eigenvalue weighted by molar-refractivity contribution is -0.274. The number of carbonyl (C=O) groups is 1. The van der Waals surface area contributed by atoms with Crippen LogP contribution in [0.5, 0.6) is 5.75 Å². The average Bonchev–Trinajstić information content (AvgIpc) is 3.45. The van der Waals surface area contributed by atoms with Gasteiger partial charge in [0.2, 0.25) is 0 Å². The summed E-state index contributed by atoms with van der Waals surface area (Å²) in [5.74, 6) is -0.656. The van der Waals surface area contributed by atoms with E-state index in [9.17, 15) is 18.0 Å². The van der Waals surface area contributed by atoms with E-state index in [0.717, 1.165) is 11.6 Å². The van der Waals surface area contributed by atoms with Crippen LogP contribution in [0.1, 0.15) is 34.2 Å². The van der Waals surface area contributed by atoms with Crippen LogP contribution in [0.3, 0.4) is 0 Å². The first-order valence-corrected chi connectivity index (χ1v) is 10.3. The van der Waals surface area contributed by atoms with Crippen molar-refractivity contribution < 1.29 is 27.2 Å². The number of ether oxygens (including phenoxy) is 1. The second-order valence-corrected chi connectivity index (χ2v) is 7.64. The zero-order chi connectivity index (χ0) is 23.9. The molecule has 2 aromatic heterocycles. The number of hydrogen-bond acceptors (Lipinski definition) is 7. The lowest BCUT2D eigenvalue weighted by Crippen LogP contribution is -2.46. The van der Waals surface area contributed by atoms with Crippen LogP contribution in [0.2, 0.25) is 0 Å². The molecule has 4 aromatic rings. The van der Waals surface area contributed by atoms with Crippen molar-refractivity contribution in [3.63, 3.8) is 0 Å². The molecule has 1 aliphatic rings. The maximum Gasteiger partial charge on any atom is 0.573 e. The van der Waals surface area contributed by atoms with E-state index >= 15 is 0 Å². The topological polar surface area (TPSA) is 99.2 Å². The van der Waals surface area contributed by atoms with Gasteiger partial charge in [-0.1, -0.05) is 28.9 Å². The molecule has 1 atom stereocenters. The highest BCUT2D eigenvalue weighted by Crippen LogP contribution is 2.37. The summed E-state index contributed by atoms with van der Waals surface area (Å²) in [6.07, 6.45) is -1.26. The van der Waals surface area contributed by atoms with E-state index in [1.54, 1.807) is 17.0 Å². The van der Waals surface area contributed by atoms with Crippen molar-refractivity contribution >= 4 is 5.91 Å². The van der Waals surface area contributed by atoms with Gasteiger partial charge in [0.15, 0.2) is 5.82 Å². The fourth-order valence-electron chi connectivity index (χ4n) is 3.73. The lowest BCUT2D eigenvalue weighted by atomic mass is 9.99. The number of alkyl halides is 3. The quantitative estimate of drug-likeness (QED) is 0.433. The van der Waals surface area contributed by atoms with Crippen LogP contribution in [0.15, 0.2) is 59.4 Å². The van der Waals surface area contributed by atoms with Gasteiger partial charge in [-0.3, -0.25) is 4.79 Å². The molecular weight excluding hydrogens is 453 g/mol. The van der Waals surface area contributed by atoms with Crippen LogP contribution in [0.25, 0.3) is 17.1 Å². The molecule has 12 heteroatoms. The number of hydrogen-bond donors (Lipinski definition) is 0. The summed E-state index contributed by atoms with van der Waals surface area (Å²) >= 11 is 0. The number of halogens is 3. The van der Waals surface area contributed by atoms with Crippen molar-refractivity contribution in [1.29, 1.82) is 0 Å².